The SMILES string of the molecule is CN1CN(Cc2ccccc2)CC2=C1CCN(CC#Cc1ccc(Cl)cc1)C2. The van der Waals surface area contributed by atoms with Crippen molar-refractivity contribution in [3.63, 3.8) is 0 Å². The Balaban J connectivity index is 1.37. The molecular formula is C24H26ClN3. The molecule has 4 rings (SSSR count). The van der Waals surface area contributed by atoms with Crippen molar-refractivity contribution in [1.29, 1.82) is 0 Å². The number of benzene rings is 2. The molecule has 0 atom stereocenters. The van der Waals surface area contributed by atoms with Gasteiger partial charge in [-0.3, -0.25) is 9.80 Å². The zero-order valence-corrected chi connectivity index (χ0v) is 17.1. The summed E-state index contributed by atoms with van der Waals surface area (Å²) in [4.78, 5) is 7.41. The zero-order chi connectivity index (χ0) is 19.3. The van der Waals surface area contributed by atoms with Crippen LogP contribution < -0.4 is 0 Å². The zero-order valence-electron chi connectivity index (χ0n) is 16.4. The standard InChI is InChI=1S/C24H26ClN3/c1-26-19-28(16-21-6-3-2-4-7-21)18-22-17-27(15-13-24(22)26)14-5-8-20-9-11-23(25)12-10-20/h2-4,6-7,9-12H,13-19H2,1H3. The van der Waals surface area contributed by atoms with E-state index in [4.69, 9.17) is 11.6 Å². The third-order valence-electron chi connectivity index (χ3n) is 5.40. The molecule has 0 saturated heterocycles. The maximum absolute atomic E-state index is 5.94. The Morgan fingerprint density at radius 3 is 2.50 bits per heavy atom. The molecule has 0 radical (unpaired) electrons. The predicted octanol–water partition coefficient (Wildman–Crippen LogP) is 4.06. The number of hydrogen-bond acceptors (Lipinski definition) is 3. The summed E-state index contributed by atoms with van der Waals surface area (Å²) in [6, 6.07) is 18.5. The third-order valence-corrected chi connectivity index (χ3v) is 5.66. The van der Waals surface area contributed by atoms with E-state index in [2.05, 4.69) is 63.9 Å². The van der Waals surface area contributed by atoms with Crippen LogP contribution in [0.25, 0.3) is 0 Å². The van der Waals surface area contributed by atoms with E-state index in [9.17, 15) is 0 Å². The lowest BCUT2D eigenvalue weighted by Gasteiger charge is -2.42. The Kier molecular flexibility index (Phi) is 6.02. The number of hydrogen-bond donors (Lipinski definition) is 0. The molecule has 0 aromatic heterocycles. The van der Waals surface area contributed by atoms with Gasteiger partial charge in [0.05, 0.1) is 13.2 Å². The Bertz CT molecular complexity index is 893. The second-order valence-electron chi connectivity index (χ2n) is 7.63. The van der Waals surface area contributed by atoms with Gasteiger partial charge in [0.2, 0.25) is 0 Å². The quantitative estimate of drug-likeness (QED) is 0.730. The van der Waals surface area contributed by atoms with Gasteiger partial charge in [0, 0.05) is 55.9 Å². The van der Waals surface area contributed by atoms with Gasteiger partial charge in [-0.2, -0.15) is 0 Å². The largest absolute Gasteiger partial charge is 0.365 e. The molecule has 3 nitrogen and oxygen atoms in total. The van der Waals surface area contributed by atoms with E-state index in [-0.39, 0.29) is 0 Å². The van der Waals surface area contributed by atoms with E-state index < -0.39 is 0 Å². The Hall–Kier alpha value is -2.25. The average molecular weight is 392 g/mol. The number of halogens is 1. The fraction of sp³-hybridized carbons (Fsp3) is 0.333. The van der Waals surface area contributed by atoms with Gasteiger partial charge in [0.1, 0.15) is 0 Å². The van der Waals surface area contributed by atoms with Gasteiger partial charge in [0.15, 0.2) is 0 Å². The highest BCUT2D eigenvalue weighted by Crippen LogP contribution is 2.26. The van der Waals surface area contributed by atoms with Gasteiger partial charge in [-0.05, 0) is 35.4 Å². The van der Waals surface area contributed by atoms with Crippen molar-refractivity contribution in [3.8, 4) is 11.8 Å². The monoisotopic (exact) mass is 391 g/mol. The first-order valence-corrected chi connectivity index (χ1v) is 10.2. The normalized spacial score (nSPS) is 17.9. The third kappa shape index (κ3) is 4.77. The lowest BCUT2D eigenvalue weighted by molar-refractivity contribution is 0.137. The molecule has 0 amide bonds. The summed E-state index contributed by atoms with van der Waals surface area (Å²) in [5, 5.41) is 0.752. The fourth-order valence-corrected chi connectivity index (χ4v) is 4.18. The molecule has 28 heavy (non-hydrogen) atoms. The topological polar surface area (TPSA) is 9.72 Å². The lowest BCUT2D eigenvalue weighted by Crippen LogP contribution is -2.47. The summed E-state index contributed by atoms with van der Waals surface area (Å²) in [5.74, 6) is 6.59. The minimum Gasteiger partial charge on any atom is -0.365 e. The summed E-state index contributed by atoms with van der Waals surface area (Å²) in [5.41, 5.74) is 5.48. The minimum atomic E-state index is 0.752. The van der Waals surface area contributed by atoms with Crippen LogP contribution in [0.3, 0.4) is 0 Å². The van der Waals surface area contributed by atoms with Crippen molar-refractivity contribution in [1.82, 2.24) is 14.7 Å². The molecule has 0 unspecified atom stereocenters. The smallest absolute Gasteiger partial charge is 0.0706 e. The summed E-state index contributed by atoms with van der Waals surface area (Å²) in [7, 11) is 2.22. The summed E-state index contributed by atoms with van der Waals surface area (Å²) in [6.45, 7) is 5.96. The van der Waals surface area contributed by atoms with E-state index in [0.29, 0.717) is 0 Å². The van der Waals surface area contributed by atoms with Gasteiger partial charge in [-0.15, -0.1) is 0 Å². The van der Waals surface area contributed by atoms with E-state index in [1.807, 2.05) is 24.3 Å². The Morgan fingerprint density at radius 2 is 1.71 bits per heavy atom. The number of nitrogens with zero attached hydrogens (tertiary/aromatic N) is 3. The highest BCUT2D eigenvalue weighted by molar-refractivity contribution is 6.30. The van der Waals surface area contributed by atoms with Gasteiger partial charge < -0.3 is 4.90 Å². The summed E-state index contributed by atoms with van der Waals surface area (Å²) in [6.07, 6.45) is 1.12. The maximum atomic E-state index is 5.94. The summed E-state index contributed by atoms with van der Waals surface area (Å²) < 4.78 is 0. The molecule has 2 aromatic carbocycles. The van der Waals surface area contributed by atoms with Crippen molar-refractivity contribution < 1.29 is 0 Å². The second-order valence-corrected chi connectivity index (χ2v) is 8.07. The highest BCUT2D eigenvalue weighted by atomic mass is 35.5. The second kappa shape index (κ2) is 8.84. The molecule has 0 N–H and O–H groups in total. The molecular weight excluding hydrogens is 366 g/mol. The highest BCUT2D eigenvalue weighted by Gasteiger charge is 2.27. The first-order valence-electron chi connectivity index (χ1n) is 9.82. The van der Waals surface area contributed by atoms with Crippen LogP contribution >= 0.6 is 11.6 Å². The Morgan fingerprint density at radius 1 is 0.964 bits per heavy atom. The molecule has 2 aliphatic heterocycles. The molecule has 2 aromatic rings. The van der Waals surface area contributed by atoms with Crippen LogP contribution in [0.5, 0.6) is 0 Å². The van der Waals surface area contributed by atoms with Crippen LogP contribution in [0.2, 0.25) is 5.02 Å². The van der Waals surface area contributed by atoms with Crippen LogP contribution in [0, 0.1) is 11.8 Å². The van der Waals surface area contributed by atoms with Crippen LogP contribution in [-0.2, 0) is 6.54 Å². The number of rotatable bonds is 3. The van der Waals surface area contributed by atoms with Gasteiger partial charge in [-0.25, -0.2) is 0 Å². The molecule has 0 aliphatic carbocycles. The van der Waals surface area contributed by atoms with Gasteiger partial charge in [0.25, 0.3) is 0 Å². The average Bonchev–Trinajstić information content (AvgIpc) is 2.70. The van der Waals surface area contributed by atoms with Crippen LogP contribution in [0.15, 0.2) is 65.9 Å². The molecule has 2 aliphatic rings. The van der Waals surface area contributed by atoms with Crippen LogP contribution in [0.4, 0.5) is 0 Å². The first kappa shape index (κ1) is 19.1. The molecule has 4 heteroatoms. The van der Waals surface area contributed by atoms with Crippen LogP contribution in [-0.4, -0.2) is 54.6 Å². The molecule has 0 fully saturated rings. The molecule has 0 bridgehead atoms. The van der Waals surface area contributed by atoms with E-state index in [1.165, 1.54) is 11.3 Å². The van der Waals surface area contributed by atoms with Crippen molar-refractivity contribution in [2.24, 2.45) is 0 Å². The fourth-order valence-electron chi connectivity index (χ4n) is 4.06. The van der Waals surface area contributed by atoms with Crippen molar-refractivity contribution in [2.45, 2.75) is 13.0 Å². The van der Waals surface area contributed by atoms with Crippen molar-refractivity contribution >= 4 is 11.6 Å². The lowest BCUT2D eigenvalue weighted by atomic mass is 10.0. The van der Waals surface area contributed by atoms with Gasteiger partial charge >= 0.3 is 0 Å². The molecule has 0 spiro atoms. The molecule has 0 saturated carbocycles. The molecule has 144 valence electrons. The predicted molar refractivity (Wildman–Crippen MR) is 116 cm³/mol. The Labute approximate surface area is 173 Å². The molecule has 2 heterocycles. The first-order chi connectivity index (χ1) is 13.7. The van der Waals surface area contributed by atoms with E-state index in [0.717, 1.165) is 56.4 Å². The van der Waals surface area contributed by atoms with Crippen molar-refractivity contribution in [3.05, 3.63) is 82.0 Å². The minimum absolute atomic E-state index is 0.752. The maximum Gasteiger partial charge on any atom is 0.0706 e. The van der Waals surface area contributed by atoms with E-state index in [1.54, 1.807) is 5.57 Å². The van der Waals surface area contributed by atoms with Crippen LogP contribution in [0.1, 0.15) is 17.5 Å². The van der Waals surface area contributed by atoms with Gasteiger partial charge in [-0.1, -0.05) is 53.8 Å². The van der Waals surface area contributed by atoms with E-state index >= 15 is 0 Å². The summed E-state index contributed by atoms with van der Waals surface area (Å²) >= 11 is 5.94. The van der Waals surface area contributed by atoms with Crippen molar-refractivity contribution in [2.75, 3.05) is 39.9 Å².